The van der Waals surface area contributed by atoms with Gasteiger partial charge in [-0.05, 0) is 84.3 Å². The molecule has 1 aliphatic carbocycles. The number of carbonyl (C=O) groups is 3. The molecule has 1 aromatic heterocycles. The van der Waals surface area contributed by atoms with Crippen LogP contribution >= 0.6 is 23.4 Å². The minimum Gasteiger partial charge on any atom is -0.347 e. The molecule has 1 saturated carbocycles. The third-order valence-electron chi connectivity index (χ3n) is 6.36. The minimum absolute atomic E-state index is 0.0445. The van der Waals surface area contributed by atoms with Crippen LogP contribution in [0, 0.1) is 0 Å². The highest BCUT2D eigenvalue weighted by atomic mass is 35.5. The van der Waals surface area contributed by atoms with E-state index in [9.17, 15) is 27.6 Å². The first kappa shape index (κ1) is 26.1. The van der Waals surface area contributed by atoms with E-state index in [1.807, 2.05) is 0 Å². The van der Waals surface area contributed by atoms with E-state index in [4.69, 9.17) is 11.6 Å². The van der Waals surface area contributed by atoms with Crippen molar-refractivity contribution in [2.45, 2.75) is 41.9 Å². The van der Waals surface area contributed by atoms with E-state index in [1.165, 1.54) is 35.4 Å². The Morgan fingerprint density at radius 2 is 1.71 bits per heavy atom. The second kappa shape index (κ2) is 9.95. The van der Waals surface area contributed by atoms with Gasteiger partial charge in [0, 0.05) is 29.2 Å². The van der Waals surface area contributed by atoms with Crippen molar-refractivity contribution in [3.05, 3.63) is 88.7 Å². The van der Waals surface area contributed by atoms with Gasteiger partial charge in [-0.15, -0.1) is 0 Å². The Morgan fingerprint density at radius 3 is 2.34 bits per heavy atom. The third kappa shape index (κ3) is 5.34. The van der Waals surface area contributed by atoms with Gasteiger partial charge in [-0.1, -0.05) is 23.7 Å². The molecule has 38 heavy (non-hydrogen) atoms. The molecular formula is C26H20ClF3N4O3S. The number of aromatic nitrogens is 1. The highest BCUT2D eigenvalue weighted by molar-refractivity contribution is 8.00. The fourth-order valence-corrected chi connectivity index (χ4v) is 4.98. The molecule has 0 unspecified atom stereocenters. The van der Waals surface area contributed by atoms with E-state index in [0.717, 1.165) is 10.5 Å². The Balaban J connectivity index is 1.29. The number of hydrogen-bond acceptors (Lipinski definition) is 5. The molecular weight excluding hydrogens is 541 g/mol. The van der Waals surface area contributed by atoms with E-state index in [2.05, 4.69) is 10.3 Å². The monoisotopic (exact) mass is 560 g/mol. The van der Waals surface area contributed by atoms with Gasteiger partial charge in [-0.25, -0.2) is 9.69 Å². The number of urea groups is 1. The number of nitrogens with zero attached hydrogens (tertiary/aromatic N) is 3. The molecule has 0 atom stereocenters. The number of imide groups is 1. The van der Waals surface area contributed by atoms with Crippen molar-refractivity contribution in [2.75, 3.05) is 4.90 Å². The second-order valence-corrected chi connectivity index (χ2v) is 10.5. The number of hydrogen-bond donors (Lipinski definition) is 1. The summed E-state index contributed by atoms with van der Waals surface area (Å²) in [6.45, 7) is 0.350. The number of pyridine rings is 1. The third-order valence-corrected chi connectivity index (χ3v) is 7.35. The van der Waals surface area contributed by atoms with E-state index in [1.54, 1.807) is 36.4 Å². The summed E-state index contributed by atoms with van der Waals surface area (Å²) in [7, 11) is 0. The molecule has 12 heteroatoms. The van der Waals surface area contributed by atoms with Gasteiger partial charge < -0.3 is 10.2 Å². The number of amides is 4. The number of halogens is 4. The molecule has 1 saturated heterocycles. The van der Waals surface area contributed by atoms with Gasteiger partial charge in [-0.3, -0.25) is 14.6 Å². The van der Waals surface area contributed by atoms with Crippen LogP contribution in [0.4, 0.5) is 23.7 Å². The lowest BCUT2D eigenvalue weighted by Crippen LogP contribution is -2.36. The van der Waals surface area contributed by atoms with Crippen LogP contribution in [-0.2, 0) is 17.9 Å². The Hall–Kier alpha value is -3.57. The van der Waals surface area contributed by atoms with Crippen LogP contribution in [0.3, 0.4) is 0 Å². The van der Waals surface area contributed by atoms with Gasteiger partial charge in [0.05, 0.1) is 5.69 Å². The quantitative estimate of drug-likeness (QED) is 0.293. The molecule has 2 aromatic carbocycles. The summed E-state index contributed by atoms with van der Waals surface area (Å²) in [6, 6.07) is 14.8. The zero-order valence-electron chi connectivity index (χ0n) is 19.7. The molecule has 3 aromatic rings. The summed E-state index contributed by atoms with van der Waals surface area (Å²) >= 11 is 5.62. The average Bonchev–Trinajstić information content (AvgIpc) is 3.66. The molecule has 2 aliphatic rings. The second-order valence-electron chi connectivity index (χ2n) is 8.94. The van der Waals surface area contributed by atoms with E-state index >= 15 is 0 Å². The molecule has 196 valence electrons. The van der Waals surface area contributed by atoms with Gasteiger partial charge in [0.1, 0.15) is 11.2 Å². The van der Waals surface area contributed by atoms with Crippen LogP contribution < -0.4 is 10.2 Å². The van der Waals surface area contributed by atoms with Gasteiger partial charge in [-0.2, -0.15) is 13.2 Å². The molecule has 2 heterocycles. The SMILES string of the molecule is O=C(NCc1ccc(Cl)cc1)c1cc(CN2C(=O)N(c3ccc(SC(F)(F)F)cc3)C(=O)C23CC3)ccn1. The van der Waals surface area contributed by atoms with Crippen molar-refractivity contribution in [3.8, 4) is 0 Å². The van der Waals surface area contributed by atoms with Crippen molar-refractivity contribution >= 4 is 46.9 Å². The van der Waals surface area contributed by atoms with Gasteiger partial charge in [0.2, 0.25) is 0 Å². The van der Waals surface area contributed by atoms with Crippen LogP contribution in [0.15, 0.2) is 71.8 Å². The molecule has 1 spiro atoms. The maximum atomic E-state index is 13.3. The number of nitrogens with one attached hydrogen (secondary N) is 1. The zero-order chi connectivity index (χ0) is 27.1. The van der Waals surface area contributed by atoms with Crippen molar-refractivity contribution in [1.82, 2.24) is 15.2 Å². The summed E-state index contributed by atoms with van der Waals surface area (Å²) in [5.41, 5.74) is -3.59. The van der Waals surface area contributed by atoms with Crippen LogP contribution in [0.1, 0.15) is 34.5 Å². The topological polar surface area (TPSA) is 82.6 Å². The largest absolute Gasteiger partial charge is 0.446 e. The van der Waals surface area contributed by atoms with Crippen molar-refractivity contribution in [1.29, 1.82) is 0 Å². The van der Waals surface area contributed by atoms with Crippen molar-refractivity contribution in [3.63, 3.8) is 0 Å². The van der Waals surface area contributed by atoms with Gasteiger partial charge in [0.25, 0.3) is 11.8 Å². The van der Waals surface area contributed by atoms with E-state index < -0.39 is 28.9 Å². The molecule has 1 aliphatic heterocycles. The fraction of sp³-hybridized carbons (Fsp3) is 0.231. The maximum Gasteiger partial charge on any atom is 0.446 e. The normalized spacial score (nSPS) is 16.3. The summed E-state index contributed by atoms with van der Waals surface area (Å²) in [5.74, 6) is -0.807. The van der Waals surface area contributed by atoms with Crippen molar-refractivity contribution < 1.29 is 27.6 Å². The molecule has 1 N–H and O–H groups in total. The summed E-state index contributed by atoms with van der Waals surface area (Å²) < 4.78 is 38.0. The predicted molar refractivity (Wildman–Crippen MR) is 136 cm³/mol. The lowest BCUT2D eigenvalue weighted by Gasteiger charge is -2.21. The van der Waals surface area contributed by atoms with Gasteiger partial charge in [0.15, 0.2) is 0 Å². The molecule has 0 radical (unpaired) electrons. The lowest BCUT2D eigenvalue weighted by atomic mass is 10.1. The Labute approximate surface area is 225 Å². The minimum atomic E-state index is -4.44. The number of alkyl halides is 3. The molecule has 2 fully saturated rings. The predicted octanol–water partition coefficient (Wildman–Crippen LogP) is 5.78. The van der Waals surface area contributed by atoms with Crippen LogP contribution in [-0.4, -0.2) is 38.8 Å². The number of rotatable bonds is 7. The first-order valence-electron chi connectivity index (χ1n) is 11.6. The zero-order valence-corrected chi connectivity index (χ0v) is 21.2. The molecule has 5 rings (SSSR count). The Kier molecular flexibility index (Phi) is 6.83. The lowest BCUT2D eigenvalue weighted by molar-refractivity contribution is -0.120. The smallest absolute Gasteiger partial charge is 0.347 e. The van der Waals surface area contributed by atoms with E-state index in [0.29, 0.717) is 23.4 Å². The maximum absolute atomic E-state index is 13.3. The molecule has 0 bridgehead atoms. The first-order valence-corrected chi connectivity index (χ1v) is 12.7. The van der Waals surface area contributed by atoms with E-state index in [-0.39, 0.29) is 41.1 Å². The Bertz CT molecular complexity index is 1400. The van der Waals surface area contributed by atoms with Crippen LogP contribution in [0.2, 0.25) is 5.02 Å². The highest BCUT2D eigenvalue weighted by Gasteiger charge is 2.65. The summed E-state index contributed by atoms with van der Waals surface area (Å²) in [6.07, 6.45) is 2.43. The summed E-state index contributed by atoms with van der Waals surface area (Å²) in [4.78, 5) is 45.8. The first-order chi connectivity index (χ1) is 18.1. The standard InChI is InChI=1S/C26H20ClF3N4O3S/c27-18-3-1-16(2-4-18)14-32-22(35)21-13-17(9-12-31-21)15-33-24(37)34(23(36)25(33)10-11-25)19-5-7-20(8-6-19)38-26(28,29)30/h1-9,12-13H,10-11,14-15H2,(H,32,35). The molecule has 7 nitrogen and oxygen atoms in total. The van der Waals surface area contributed by atoms with Crippen LogP contribution in [0.25, 0.3) is 0 Å². The fourth-order valence-electron chi connectivity index (χ4n) is 4.31. The number of carbonyl (C=O) groups excluding carboxylic acids is 3. The number of thioether (sulfide) groups is 1. The highest BCUT2D eigenvalue weighted by Crippen LogP contribution is 2.50. The van der Waals surface area contributed by atoms with Crippen molar-refractivity contribution in [2.24, 2.45) is 0 Å². The van der Waals surface area contributed by atoms with Gasteiger partial charge >= 0.3 is 11.5 Å². The van der Waals surface area contributed by atoms with Crippen LogP contribution in [0.5, 0.6) is 0 Å². The Morgan fingerprint density at radius 1 is 1.03 bits per heavy atom. The number of benzene rings is 2. The molecule has 4 amide bonds. The number of anilines is 1. The summed E-state index contributed by atoms with van der Waals surface area (Å²) in [5, 5.41) is 3.38. The average molecular weight is 561 g/mol.